The molecule has 0 bridgehead atoms. The van der Waals surface area contributed by atoms with Crippen LogP contribution in [0.4, 0.5) is 5.00 Å². The van der Waals surface area contributed by atoms with Crippen molar-refractivity contribution >= 4 is 22.2 Å². The summed E-state index contributed by atoms with van der Waals surface area (Å²) in [6, 6.07) is 22.2. The Kier molecular flexibility index (Phi) is 6.74. The maximum Gasteiger partial charge on any atom is 0.262 e. The summed E-state index contributed by atoms with van der Waals surface area (Å²) in [5, 5.41) is 4.32. The first kappa shape index (κ1) is 22.4. The predicted molar refractivity (Wildman–Crippen MR) is 137 cm³/mol. The molecule has 0 saturated carbocycles. The Labute approximate surface area is 203 Å². The van der Waals surface area contributed by atoms with Crippen LogP contribution in [-0.4, -0.2) is 42.2 Å². The number of imidazole rings is 1. The topological polar surface area (TPSA) is 70.2 Å². The molecule has 34 heavy (non-hydrogen) atoms. The molecule has 1 amide bonds. The van der Waals surface area contributed by atoms with E-state index in [0.717, 1.165) is 52.7 Å². The SMILES string of the molecule is CCC(NC(=O)c1cc(-c2ccccc2)c(N2CCOCC2)s1)c1ncc(-c2ccccc2)[nH]1. The zero-order valence-corrected chi connectivity index (χ0v) is 20.0. The van der Waals surface area contributed by atoms with Gasteiger partial charge in [0, 0.05) is 18.7 Å². The first-order chi connectivity index (χ1) is 16.7. The van der Waals surface area contributed by atoms with E-state index in [1.54, 1.807) is 11.3 Å². The van der Waals surface area contributed by atoms with Crippen molar-refractivity contribution < 1.29 is 9.53 Å². The summed E-state index contributed by atoms with van der Waals surface area (Å²) in [5.74, 6) is 0.689. The highest BCUT2D eigenvalue weighted by Gasteiger charge is 2.24. The molecule has 6 nitrogen and oxygen atoms in total. The highest BCUT2D eigenvalue weighted by atomic mass is 32.1. The summed E-state index contributed by atoms with van der Waals surface area (Å²) in [5.41, 5.74) is 4.23. The van der Waals surface area contributed by atoms with Gasteiger partial charge in [-0.25, -0.2) is 4.98 Å². The van der Waals surface area contributed by atoms with Gasteiger partial charge in [0.15, 0.2) is 0 Å². The van der Waals surface area contributed by atoms with Gasteiger partial charge in [-0.05, 0) is 23.6 Å². The molecule has 1 saturated heterocycles. The minimum Gasteiger partial charge on any atom is -0.378 e. The van der Waals surface area contributed by atoms with Gasteiger partial charge in [-0.2, -0.15) is 0 Å². The van der Waals surface area contributed by atoms with Gasteiger partial charge < -0.3 is 19.9 Å². The van der Waals surface area contributed by atoms with Gasteiger partial charge in [-0.3, -0.25) is 4.79 Å². The van der Waals surface area contributed by atoms with E-state index in [1.165, 1.54) is 0 Å². The van der Waals surface area contributed by atoms with Gasteiger partial charge in [-0.15, -0.1) is 11.3 Å². The van der Waals surface area contributed by atoms with Crippen molar-refractivity contribution in [1.29, 1.82) is 0 Å². The van der Waals surface area contributed by atoms with Crippen LogP contribution in [0.1, 0.15) is 34.9 Å². The number of aromatic nitrogens is 2. The lowest BCUT2D eigenvalue weighted by Crippen LogP contribution is -2.35. The lowest BCUT2D eigenvalue weighted by Gasteiger charge is -2.28. The summed E-state index contributed by atoms with van der Waals surface area (Å²) >= 11 is 1.55. The monoisotopic (exact) mass is 472 g/mol. The molecular weight excluding hydrogens is 444 g/mol. The van der Waals surface area contributed by atoms with Gasteiger partial charge in [0.2, 0.25) is 0 Å². The van der Waals surface area contributed by atoms with E-state index >= 15 is 0 Å². The number of ether oxygens (including phenoxy) is 1. The normalized spacial score (nSPS) is 14.7. The number of benzene rings is 2. The summed E-state index contributed by atoms with van der Waals surface area (Å²) in [7, 11) is 0. The lowest BCUT2D eigenvalue weighted by atomic mass is 10.1. The quantitative estimate of drug-likeness (QED) is 0.371. The van der Waals surface area contributed by atoms with E-state index in [2.05, 4.69) is 39.2 Å². The van der Waals surface area contributed by atoms with Crippen molar-refractivity contribution in [2.45, 2.75) is 19.4 Å². The second-order valence-electron chi connectivity index (χ2n) is 8.28. The van der Waals surface area contributed by atoms with E-state index in [1.807, 2.05) is 60.8 Å². The number of carbonyl (C=O) groups is 1. The van der Waals surface area contributed by atoms with Gasteiger partial charge in [0.25, 0.3) is 5.91 Å². The van der Waals surface area contributed by atoms with E-state index in [0.29, 0.717) is 18.1 Å². The van der Waals surface area contributed by atoms with Crippen LogP contribution in [0.3, 0.4) is 0 Å². The van der Waals surface area contributed by atoms with Crippen molar-refractivity contribution in [3.8, 4) is 22.4 Å². The minimum absolute atomic E-state index is 0.0776. The molecule has 1 atom stereocenters. The molecular formula is C27H28N4O2S. The average molecular weight is 473 g/mol. The zero-order chi connectivity index (χ0) is 23.3. The number of rotatable bonds is 7. The number of amides is 1. The molecule has 2 aromatic carbocycles. The number of H-pyrrole nitrogens is 1. The zero-order valence-electron chi connectivity index (χ0n) is 19.2. The average Bonchev–Trinajstić information content (AvgIpc) is 3.57. The maximum atomic E-state index is 13.4. The fraction of sp³-hybridized carbons (Fsp3) is 0.259. The van der Waals surface area contributed by atoms with Crippen molar-refractivity contribution in [3.05, 3.63) is 83.6 Å². The number of nitrogens with zero attached hydrogens (tertiary/aromatic N) is 2. The molecule has 1 aliphatic rings. The van der Waals surface area contributed by atoms with Crippen molar-refractivity contribution in [2.75, 3.05) is 31.2 Å². The van der Waals surface area contributed by atoms with Crippen LogP contribution >= 0.6 is 11.3 Å². The van der Waals surface area contributed by atoms with E-state index in [9.17, 15) is 4.79 Å². The second-order valence-corrected chi connectivity index (χ2v) is 9.31. The fourth-order valence-electron chi connectivity index (χ4n) is 4.19. The first-order valence-corrected chi connectivity index (χ1v) is 12.5. The highest BCUT2D eigenvalue weighted by Crippen LogP contribution is 2.39. The number of carbonyl (C=O) groups excluding carboxylic acids is 1. The predicted octanol–water partition coefficient (Wildman–Crippen LogP) is 5.52. The van der Waals surface area contributed by atoms with Crippen molar-refractivity contribution in [2.24, 2.45) is 0 Å². The molecule has 5 rings (SSSR count). The Hall–Kier alpha value is -3.42. The Morgan fingerprint density at radius 1 is 1.09 bits per heavy atom. The number of anilines is 1. The van der Waals surface area contributed by atoms with Gasteiger partial charge in [-0.1, -0.05) is 67.6 Å². The number of thiophene rings is 1. The van der Waals surface area contributed by atoms with Crippen LogP contribution in [0.15, 0.2) is 72.9 Å². The molecule has 0 spiro atoms. The summed E-state index contributed by atoms with van der Waals surface area (Å²) < 4.78 is 5.54. The standard InChI is InChI=1S/C27H28N4O2S/c1-2-22(25-28-18-23(29-25)20-11-7-4-8-12-20)30-26(32)24-17-21(19-9-5-3-6-10-19)27(34-24)31-13-15-33-16-14-31/h3-12,17-18,22H,2,13-16H2,1H3,(H,28,29)(H,30,32). The molecule has 0 radical (unpaired) electrons. The number of hydrogen-bond donors (Lipinski definition) is 2. The summed E-state index contributed by atoms with van der Waals surface area (Å²) in [4.78, 5) is 24.3. The second kappa shape index (κ2) is 10.2. The van der Waals surface area contributed by atoms with Gasteiger partial charge in [0.05, 0.1) is 41.0 Å². The Morgan fingerprint density at radius 3 is 2.44 bits per heavy atom. The molecule has 1 fully saturated rings. The number of morpholine rings is 1. The molecule has 1 aliphatic heterocycles. The number of nitrogens with one attached hydrogen (secondary N) is 2. The van der Waals surface area contributed by atoms with Crippen LogP contribution in [0.2, 0.25) is 0 Å². The number of hydrogen-bond acceptors (Lipinski definition) is 5. The molecule has 0 aliphatic carbocycles. The summed E-state index contributed by atoms with van der Waals surface area (Å²) in [6.45, 7) is 5.11. The van der Waals surface area contributed by atoms with Crippen LogP contribution in [0, 0.1) is 0 Å². The van der Waals surface area contributed by atoms with Gasteiger partial charge in [0.1, 0.15) is 5.82 Å². The third kappa shape index (κ3) is 4.76. The molecule has 1 unspecified atom stereocenters. The van der Waals surface area contributed by atoms with Crippen LogP contribution in [0.25, 0.3) is 22.4 Å². The lowest BCUT2D eigenvalue weighted by molar-refractivity contribution is 0.0938. The molecule has 3 heterocycles. The Morgan fingerprint density at radius 2 is 1.76 bits per heavy atom. The van der Waals surface area contributed by atoms with Gasteiger partial charge >= 0.3 is 0 Å². The minimum atomic E-state index is -0.195. The van der Waals surface area contributed by atoms with Crippen molar-refractivity contribution in [3.63, 3.8) is 0 Å². The highest BCUT2D eigenvalue weighted by molar-refractivity contribution is 7.18. The van der Waals surface area contributed by atoms with Crippen LogP contribution in [0.5, 0.6) is 0 Å². The smallest absolute Gasteiger partial charge is 0.262 e. The molecule has 2 aromatic heterocycles. The Balaban J connectivity index is 1.39. The largest absolute Gasteiger partial charge is 0.378 e. The molecule has 7 heteroatoms. The molecule has 2 N–H and O–H groups in total. The first-order valence-electron chi connectivity index (χ1n) is 11.7. The van der Waals surface area contributed by atoms with E-state index in [-0.39, 0.29) is 11.9 Å². The molecule has 174 valence electrons. The third-order valence-electron chi connectivity index (χ3n) is 6.04. The summed E-state index contributed by atoms with van der Waals surface area (Å²) in [6.07, 6.45) is 2.56. The van der Waals surface area contributed by atoms with Crippen LogP contribution in [-0.2, 0) is 4.74 Å². The number of aromatic amines is 1. The van der Waals surface area contributed by atoms with E-state index in [4.69, 9.17) is 4.74 Å². The van der Waals surface area contributed by atoms with E-state index < -0.39 is 0 Å². The third-order valence-corrected chi connectivity index (χ3v) is 7.24. The molecule has 4 aromatic rings. The Bertz CT molecular complexity index is 1230. The maximum absolute atomic E-state index is 13.4. The fourth-order valence-corrected chi connectivity index (χ4v) is 5.33. The van der Waals surface area contributed by atoms with Crippen molar-refractivity contribution in [1.82, 2.24) is 15.3 Å². The van der Waals surface area contributed by atoms with Crippen LogP contribution < -0.4 is 10.2 Å².